The van der Waals surface area contributed by atoms with Crippen molar-refractivity contribution in [3.63, 3.8) is 0 Å². The number of nitrogens with zero attached hydrogens (tertiary/aromatic N) is 1. The smallest absolute Gasteiger partial charge is 0.410 e. The third-order valence-corrected chi connectivity index (χ3v) is 3.55. The highest BCUT2D eigenvalue weighted by atomic mass is 16.6. The second kappa shape index (κ2) is 6.46. The molecule has 0 spiro atoms. The topological polar surface area (TPSA) is 58.6 Å². The number of hydrogen-bond acceptors (Lipinski definition) is 3. The highest BCUT2D eigenvalue weighted by Crippen LogP contribution is 2.21. The molecule has 5 nitrogen and oxygen atoms in total. The Balaban J connectivity index is 2.65. The van der Waals surface area contributed by atoms with E-state index in [-0.39, 0.29) is 11.9 Å². The molecule has 2 amide bonds. The molecule has 1 fully saturated rings. The summed E-state index contributed by atoms with van der Waals surface area (Å²) in [6.07, 6.45) is 1.15. The van der Waals surface area contributed by atoms with Gasteiger partial charge in [0, 0.05) is 12.6 Å². The van der Waals surface area contributed by atoms with E-state index >= 15 is 0 Å². The summed E-state index contributed by atoms with van der Waals surface area (Å²) in [7, 11) is 0. The van der Waals surface area contributed by atoms with Gasteiger partial charge in [-0.15, -0.1) is 0 Å². The van der Waals surface area contributed by atoms with Crippen LogP contribution in [0.15, 0.2) is 0 Å². The van der Waals surface area contributed by atoms with Crippen molar-refractivity contribution in [2.24, 2.45) is 5.92 Å². The van der Waals surface area contributed by atoms with Crippen LogP contribution in [0.4, 0.5) is 4.79 Å². The van der Waals surface area contributed by atoms with Gasteiger partial charge in [0.15, 0.2) is 0 Å². The Morgan fingerprint density at radius 3 is 2.35 bits per heavy atom. The maximum Gasteiger partial charge on any atom is 0.410 e. The monoisotopic (exact) mass is 284 g/mol. The lowest BCUT2D eigenvalue weighted by Gasteiger charge is -2.29. The molecule has 1 rings (SSSR count). The Kier molecular flexibility index (Phi) is 5.42. The van der Waals surface area contributed by atoms with E-state index in [4.69, 9.17) is 4.74 Å². The van der Waals surface area contributed by atoms with Crippen molar-refractivity contribution in [1.82, 2.24) is 10.2 Å². The first kappa shape index (κ1) is 16.8. The fourth-order valence-corrected chi connectivity index (χ4v) is 2.07. The molecule has 0 aromatic carbocycles. The molecule has 1 N–H and O–H groups in total. The number of carbonyl (C=O) groups excluding carboxylic acids is 2. The molecule has 0 unspecified atom stereocenters. The second-order valence-electron chi connectivity index (χ2n) is 6.87. The zero-order chi connectivity index (χ0) is 15.5. The van der Waals surface area contributed by atoms with Crippen molar-refractivity contribution in [1.29, 1.82) is 0 Å². The lowest BCUT2D eigenvalue weighted by Crippen LogP contribution is -2.50. The number of nitrogens with one attached hydrogen (secondary N) is 1. The molecule has 1 heterocycles. The van der Waals surface area contributed by atoms with Gasteiger partial charge < -0.3 is 10.1 Å². The van der Waals surface area contributed by atoms with Crippen LogP contribution in [0.2, 0.25) is 0 Å². The first-order valence-corrected chi connectivity index (χ1v) is 7.42. The molecule has 0 radical (unpaired) electrons. The van der Waals surface area contributed by atoms with E-state index in [9.17, 15) is 9.59 Å². The number of ether oxygens (including phenoxy) is 1. The normalized spacial score (nSPS) is 20.9. The van der Waals surface area contributed by atoms with Gasteiger partial charge in [0.2, 0.25) is 5.91 Å². The zero-order valence-corrected chi connectivity index (χ0v) is 13.5. The van der Waals surface area contributed by atoms with Crippen molar-refractivity contribution >= 4 is 12.0 Å². The molecule has 1 aliphatic heterocycles. The van der Waals surface area contributed by atoms with Crippen LogP contribution < -0.4 is 5.32 Å². The van der Waals surface area contributed by atoms with E-state index in [1.54, 1.807) is 4.90 Å². The van der Waals surface area contributed by atoms with Crippen LogP contribution in [-0.4, -0.2) is 41.1 Å². The summed E-state index contributed by atoms with van der Waals surface area (Å²) >= 11 is 0. The van der Waals surface area contributed by atoms with Crippen LogP contribution in [0.5, 0.6) is 0 Å². The highest BCUT2D eigenvalue weighted by Gasteiger charge is 2.36. The van der Waals surface area contributed by atoms with E-state index < -0.39 is 17.7 Å². The van der Waals surface area contributed by atoms with E-state index in [0.717, 1.165) is 6.42 Å². The Hall–Kier alpha value is -1.26. The number of amides is 2. The molecule has 0 aromatic rings. The van der Waals surface area contributed by atoms with E-state index in [1.165, 1.54) is 0 Å². The number of carbonyl (C=O) groups is 2. The first-order valence-electron chi connectivity index (χ1n) is 7.42. The summed E-state index contributed by atoms with van der Waals surface area (Å²) < 4.78 is 5.36. The van der Waals surface area contributed by atoms with Gasteiger partial charge in [-0.1, -0.05) is 13.8 Å². The summed E-state index contributed by atoms with van der Waals surface area (Å²) in [5.74, 6) is 0.296. The zero-order valence-electron chi connectivity index (χ0n) is 13.5. The molecule has 116 valence electrons. The van der Waals surface area contributed by atoms with Crippen LogP contribution in [0.25, 0.3) is 0 Å². The minimum absolute atomic E-state index is 0.0745. The Morgan fingerprint density at radius 1 is 1.25 bits per heavy atom. The van der Waals surface area contributed by atoms with E-state index in [0.29, 0.717) is 18.9 Å². The Bertz CT molecular complexity index is 361. The number of hydrogen-bond donors (Lipinski definition) is 1. The fourth-order valence-electron chi connectivity index (χ4n) is 2.07. The van der Waals surface area contributed by atoms with Gasteiger partial charge in [-0.2, -0.15) is 0 Å². The minimum Gasteiger partial charge on any atom is -0.444 e. The standard InChI is InChI=1S/C15H28N2O3/c1-10(2)11(3)16-13(18)12-8-7-9-17(12)14(19)20-15(4,5)6/h10-12H,7-9H2,1-6H3,(H,16,18)/t11-,12+/m1/s1. The molecule has 0 aliphatic carbocycles. The van der Waals surface area contributed by atoms with Crippen molar-refractivity contribution in [2.45, 2.75) is 72.1 Å². The fraction of sp³-hybridized carbons (Fsp3) is 0.867. The van der Waals surface area contributed by atoms with Gasteiger partial charge in [-0.25, -0.2) is 4.79 Å². The van der Waals surface area contributed by atoms with Crippen LogP contribution in [0.1, 0.15) is 54.4 Å². The van der Waals surface area contributed by atoms with Gasteiger partial charge in [0.05, 0.1) is 0 Å². The molecule has 5 heteroatoms. The average Bonchev–Trinajstić information content (AvgIpc) is 2.74. The van der Waals surface area contributed by atoms with Crippen molar-refractivity contribution in [2.75, 3.05) is 6.54 Å². The van der Waals surface area contributed by atoms with Crippen LogP contribution in [0.3, 0.4) is 0 Å². The molecule has 1 saturated heterocycles. The van der Waals surface area contributed by atoms with Gasteiger partial charge >= 0.3 is 6.09 Å². The van der Waals surface area contributed by atoms with Crippen LogP contribution in [-0.2, 0) is 9.53 Å². The molecular weight excluding hydrogens is 256 g/mol. The summed E-state index contributed by atoms with van der Waals surface area (Å²) in [4.78, 5) is 25.9. The van der Waals surface area contributed by atoms with Crippen LogP contribution >= 0.6 is 0 Å². The predicted molar refractivity (Wildman–Crippen MR) is 78.4 cm³/mol. The number of rotatable bonds is 3. The summed E-state index contributed by atoms with van der Waals surface area (Å²) in [6, 6.07) is -0.297. The van der Waals surface area contributed by atoms with Gasteiger partial charge in [-0.3, -0.25) is 9.69 Å². The molecule has 1 aliphatic rings. The summed E-state index contributed by atoms with van der Waals surface area (Å²) in [6.45, 7) is 12.2. The highest BCUT2D eigenvalue weighted by molar-refractivity contribution is 5.86. The lowest BCUT2D eigenvalue weighted by molar-refractivity contribution is -0.126. The Morgan fingerprint density at radius 2 is 1.85 bits per heavy atom. The van der Waals surface area contributed by atoms with E-state index in [1.807, 2.05) is 27.7 Å². The van der Waals surface area contributed by atoms with Crippen LogP contribution in [0, 0.1) is 5.92 Å². The van der Waals surface area contributed by atoms with Crippen molar-refractivity contribution < 1.29 is 14.3 Å². The third-order valence-electron chi connectivity index (χ3n) is 3.55. The lowest BCUT2D eigenvalue weighted by atomic mass is 10.1. The molecule has 2 atom stereocenters. The average molecular weight is 284 g/mol. The largest absolute Gasteiger partial charge is 0.444 e. The molecule has 0 saturated carbocycles. The summed E-state index contributed by atoms with van der Waals surface area (Å²) in [5, 5.41) is 2.98. The molecule has 20 heavy (non-hydrogen) atoms. The van der Waals surface area contributed by atoms with E-state index in [2.05, 4.69) is 19.2 Å². The quantitative estimate of drug-likeness (QED) is 0.866. The first-order chi connectivity index (χ1) is 9.11. The minimum atomic E-state index is -0.536. The van der Waals surface area contributed by atoms with Crippen molar-refractivity contribution in [3.8, 4) is 0 Å². The maximum atomic E-state index is 12.3. The summed E-state index contributed by atoms with van der Waals surface area (Å²) in [5.41, 5.74) is -0.536. The maximum absolute atomic E-state index is 12.3. The molecule has 0 bridgehead atoms. The van der Waals surface area contributed by atoms with Gasteiger partial charge in [0.1, 0.15) is 11.6 Å². The third kappa shape index (κ3) is 4.69. The van der Waals surface area contributed by atoms with Crippen molar-refractivity contribution in [3.05, 3.63) is 0 Å². The number of likely N-dealkylation sites (tertiary alicyclic amines) is 1. The van der Waals surface area contributed by atoms with Gasteiger partial charge in [0.25, 0.3) is 0 Å². The second-order valence-corrected chi connectivity index (χ2v) is 6.87. The molecular formula is C15H28N2O3. The van der Waals surface area contributed by atoms with Gasteiger partial charge in [-0.05, 0) is 46.5 Å². The predicted octanol–water partition coefficient (Wildman–Crippen LogP) is 2.55. The molecule has 0 aromatic heterocycles. The SMILES string of the molecule is CC(C)[C@@H](C)NC(=O)[C@@H]1CCCN1C(=O)OC(C)(C)C. The Labute approximate surface area is 122 Å².